The Kier molecular flexibility index (Phi) is 7.64. The highest BCUT2D eigenvalue weighted by Crippen LogP contribution is 2.25. The molecule has 30 heavy (non-hydrogen) atoms. The second-order valence-corrected chi connectivity index (χ2v) is 8.24. The summed E-state index contributed by atoms with van der Waals surface area (Å²) in [5, 5.41) is 12.0. The quantitative estimate of drug-likeness (QED) is 0.365. The van der Waals surface area contributed by atoms with Gasteiger partial charge >= 0.3 is 0 Å². The van der Waals surface area contributed by atoms with Crippen molar-refractivity contribution in [3.05, 3.63) is 64.4 Å². The van der Waals surface area contributed by atoms with Crippen molar-refractivity contribution >= 4 is 39.4 Å². The van der Waals surface area contributed by atoms with Crippen LogP contribution in [0.5, 0.6) is 5.75 Å². The van der Waals surface area contributed by atoms with Gasteiger partial charge in [0.1, 0.15) is 11.6 Å². The van der Waals surface area contributed by atoms with Gasteiger partial charge in [-0.05, 0) is 36.4 Å². The lowest BCUT2D eigenvalue weighted by atomic mass is 10.2. The largest absolute Gasteiger partial charge is 0.497 e. The molecule has 1 amide bonds. The fourth-order valence-corrected chi connectivity index (χ4v) is 3.88. The van der Waals surface area contributed by atoms with Crippen molar-refractivity contribution < 1.29 is 14.3 Å². The van der Waals surface area contributed by atoms with Gasteiger partial charge in [0.25, 0.3) is 0 Å². The van der Waals surface area contributed by atoms with Crippen molar-refractivity contribution in [2.24, 2.45) is 0 Å². The smallest absolute Gasteiger partial charge is 0.216 e. The van der Waals surface area contributed by atoms with E-state index in [0.717, 1.165) is 15.9 Å². The number of rotatable bonds is 9. The predicted molar refractivity (Wildman–Crippen MR) is 119 cm³/mol. The second-order valence-electron chi connectivity index (χ2n) is 6.38. The van der Waals surface area contributed by atoms with Crippen LogP contribution in [0.2, 0.25) is 0 Å². The molecule has 0 spiro atoms. The van der Waals surface area contributed by atoms with Crippen molar-refractivity contribution in [1.82, 2.24) is 20.1 Å². The SMILES string of the molecule is COc1ccc(-n2c(CCNC(C)=O)nnc2SCC(=O)c2ccc(Br)cc2)cc1. The molecule has 0 aliphatic heterocycles. The Morgan fingerprint density at radius 1 is 1.10 bits per heavy atom. The second kappa shape index (κ2) is 10.4. The van der Waals surface area contributed by atoms with E-state index in [-0.39, 0.29) is 17.4 Å². The average molecular weight is 489 g/mol. The molecule has 1 N–H and O–H groups in total. The van der Waals surface area contributed by atoms with Crippen LogP contribution in [0.15, 0.2) is 58.2 Å². The van der Waals surface area contributed by atoms with Gasteiger partial charge in [-0.25, -0.2) is 0 Å². The van der Waals surface area contributed by atoms with Gasteiger partial charge in [-0.15, -0.1) is 10.2 Å². The fraction of sp³-hybridized carbons (Fsp3) is 0.238. The maximum Gasteiger partial charge on any atom is 0.216 e. The molecule has 0 unspecified atom stereocenters. The number of hydrogen-bond donors (Lipinski definition) is 1. The van der Waals surface area contributed by atoms with Crippen LogP contribution >= 0.6 is 27.7 Å². The lowest BCUT2D eigenvalue weighted by molar-refractivity contribution is -0.118. The number of halogens is 1. The third kappa shape index (κ3) is 5.70. The third-order valence-electron chi connectivity index (χ3n) is 4.25. The Morgan fingerprint density at radius 3 is 2.43 bits per heavy atom. The highest BCUT2D eigenvalue weighted by atomic mass is 79.9. The highest BCUT2D eigenvalue weighted by molar-refractivity contribution is 9.10. The van der Waals surface area contributed by atoms with Gasteiger partial charge in [-0.2, -0.15) is 0 Å². The molecule has 1 aromatic heterocycles. The zero-order valence-electron chi connectivity index (χ0n) is 16.6. The summed E-state index contributed by atoms with van der Waals surface area (Å²) in [6.45, 7) is 1.93. The summed E-state index contributed by atoms with van der Waals surface area (Å²) in [7, 11) is 1.61. The number of ketones is 1. The fourth-order valence-electron chi connectivity index (χ4n) is 2.75. The normalized spacial score (nSPS) is 10.6. The number of benzene rings is 2. The third-order valence-corrected chi connectivity index (χ3v) is 5.71. The first-order valence-electron chi connectivity index (χ1n) is 9.22. The number of amides is 1. The molecule has 0 aliphatic carbocycles. The number of hydrogen-bond acceptors (Lipinski definition) is 6. The van der Waals surface area contributed by atoms with Crippen molar-refractivity contribution in [2.75, 3.05) is 19.4 Å². The summed E-state index contributed by atoms with van der Waals surface area (Å²) >= 11 is 4.70. The Hall–Kier alpha value is -2.65. The van der Waals surface area contributed by atoms with Gasteiger partial charge < -0.3 is 10.1 Å². The summed E-state index contributed by atoms with van der Waals surface area (Å²) < 4.78 is 8.06. The van der Waals surface area contributed by atoms with Gasteiger partial charge in [-0.3, -0.25) is 14.2 Å². The number of aromatic nitrogens is 3. The number of Topliss-reactive ketones (excluding diaryl/α,β-unsaturated/α-hetero) is 1. The van der Waals surface area contributed by atoms with Gasteiger partial charge in [0.05, 0.1) is 12.9 Å². The van der Waals surface area contributed by atoms with Crippen molar-refractivity contribution in [1.29, 1.82) is 0 Å². The number of nitrogens with zero attached hydrogens (tertiary/aromatic N) is 3. The molecule has 0 radical (unpaired) electrons. The number of ether oxygens (including phenoxy) is 1. The molecule has 7 nitrogen and oxygen atoms in total. The van der Waals surface area contributed by atoms with E-state index in [0.29, 0.717) is 29.5 Å². The molecule has 1 heterocycles. The molecular formula is C21H21BrN4O3S. The molecule has 2 aromatic carbocycles. The molecule has 0 atom stereocenters. The Morgan fingerprint density at radius 2 is 1.80 bits per heavy atom. The molecule has 0 fully saturated rings. The first-order chi connectivity index (χ1) is 14.5. The standard InChI is InChI=1S/C21H21BrN4O3S/c1-14(27)23-12-11-20-24-25-21(26(20)17-7-9-18(29-2)10-8-17)30-13-19(28)15-3-5-16(22)6-4-15/h3-10H,11-13H2,1-2H3,(H,23,27). The number of methoxy groups -OCH3 is 1. The van der Waals surface area contributed by atoms with Crippen LogP contribution in [-0.4, -0.2) is 45.9 Å². The Labute approximate surface area is 187 Å². The zero-order chi connectivity index (χ0) is 21.5. The average Bonchev–Trinajstić information content (AvgIpc) is 3.15. The molecule has 156 valence electrons. The maximum atomic E-state index is 12.6. The Bertz CT molecular complexity index is 1020. The monoisotopic (exact) mass is 488 g/mol. The van der Waals surface area contributed by atoms with E-state index in [1.807, 2.05) is 41.0 Å². The summed E-state index contributed by atoms with van der Waals surface area (Å²) in [5.41, 5.74) is 1.50. The minimum atomic E-state index is -0.0970. The molecule has 9 heteroatoms. The van der Waals surface area contributed by atoms with Gasteiger partial charge in [0, 0.05) is 35.6 Å². The zero-order valence-corrected chi connectivity index (χ0v) is 19.0. The number of carbonyl (C=O) groups is 2. The van der Waals surface area contributed by atoms with Crippen LogP contribution in [0.1, 0.15) is 23.1 Å². The highest BCUT2D eigenvalue weighted by Gasteiger charge is 2.17. The topological polar surface area (TPSA) is 86.1 Å². The van der Waals surface area contributed by atoms with Crippen LogP contribution in [0.4, 0.5) is 0 Å². The van der Waals surface area contributed by atoms with Crippen LogP contribution in [0.3, 0.4) is 0 Å². The molecule has 3 aromatic rings. The molecule has 0 saturated heterocycles. The van der Waals surface area contributed by atoms with E-state index in [1.54, 1.807) is 19.2 Å². The van der Waals surface area contributed by atoms with Gasteiger partial charge in [-0.1, -0.05) is 39.8 Å². The van der Waals surface area contributed by atoms with Crippen LogP contribution in [-0.2, 0) is 11.2 Å². The molecule has 0 bridgehead atoms. The lowest BCUT2D eigenvalue weighted by Gasteiger charge is -2.11. The van der Waals surface area contributed by atoms with Crippen molar-refractivity contribution in [2.45, 2.75) is 18.5 Å². The van der Waals surface area contributed by atoms with E-state index in [9.17, 15) is 9.59 Å². The maximum absolute atomic E-state index is 12.6. The van der Waals surface area contributed by atoms with Gasteiger partial charge in [0.2, 0.25) is 5.91 Å². The molecular weight excluding hydrogens is 468 g/mol. The van der Waals surface area contributed by atoms with E-state index in [1.165, 1.54) is 18.7 Å². The predicted octanol–water partition coefficient (Wildman–Crippen LogP) is 3.69. The summed E-state index contributed by atoms with van der Waals surface area (Å²) in [4.78, 5) is 23.7. The summed E-state index contributed by atoms with van der Waals surface area (Å²) in [5.74, 6) is 1.59. The summed E-state index contributed by atoms with van der Waals surface area (Å²) in [6.07, 6.45) is 0.514. The number of carbonyl (C=O) groups excluding carboxylic acids is 2. The van der Waals surface area contributed by atoms with Crippen LogP contribution in [0, 0.1) is 0 Å². The summed E-state index contributed by atoms with van der Waals surface area (Å²) in [6, 6.07) is 14.8. The molecule has 0 saturated carbocycles. The number of thioether (sulfide) groups is 1. The van der Waals surface area contributed by atoms with Gasteiger partial charge in [0.15, 0.2) is 10.9 Å². The van der Waals surface area contributed by atoms with Crippen LogP contribution < -0.4 is 10.1 Å². The molecule has 3 rings (SSSR count). The van der Waals surface area contributed by atoms with E-state index in [4.69, 9.17) is 4.74 Å². The van der Waals surface area contributed by atoms with Crippen LogP contribution in [0.25, 0.3) is 5.69 Å². The molecule has 0 aliphatic rings. The first kappa shape index (κ1) is 22.0. The van der Waals surface area contributed by atoms with E-state index >= 15 is 0 Å². The lowest BCUT2D eigenvalue weighted by Crippen LogP contribution is -2.23. The minimum Gasteiger partial charge on any atom is -0.497 e. The van der Waals surface area contributed by atoms with Crippen molar-refractivity contribution in [3.8, 4) is 11.4 Å². The van der Waals surface area contributed by atoms with Crippen molar-refractivity contribution in [3.63, 3.8) is 0 Å². The number of nitrogens with one attached hydrogen (secondary N) is 1. The van der Waals surface area contributed by atoms with E-state index in [2.05, 4.69) is 31.4 Å². The minimum absolute atomic E-state index is 0.0107. The van der Waals surface area contributed by atoms with E-state index < -0.39 is 0 Å². The first-order valence-corrected chi connectivity index (χ1v) is 11.0. The Balaban J connectivity index is 1.81.